The van der Waals surface area contributed by atoms with E-state index < -0.39 is 9.84 Å². The van der Waals surface area contributed by atoms with Gasteiger partial charge in [0.05, 0.1) is 15.7 Å². The van der Waals surface area contributed by atoms with Crippen LogP contribution in [-0.2, 0) is 9.84 Å². The second-order valence-electron chi connectivity index (χ2n) is 6.70. The Morgan fingerprint density at radius 3 is 2.58 bits per heavy atom. The lowest BCUT2D eigenvalue weighted by Gasteiger charge is -2.16. The molecule has 0 unspecified atom stereocenters. The number of aromatic nitrogens is 1. The van der Waals surface area contributed by atoms with Crippen LogP contribution in [0.25, 0.3) is 0 Å². The molecule has 0 aliphatic heterocycles. The van der Waals surface area contributed by atoms with Crippen molar-refractivity contribution in [3.63, 3.8) is 0 Å². The molecular formula is C19H23N3O3S. The first-order chi connectivity index (χ1) is 12.4. The Morgan fingerprint density at radius 2 is 1.88 bits per heavy atom. The summed E-state index contributed by atoms with van der Waals surface area (Å²) in [5, 5.41) is 2.47. The van der Waals surface area contributed by atoms with E-state index in [2.05, 4.69) is 10.3 Å². The highest BCUT2D eigenvalue weighted by Crippen LogP contribution is 2.30. The van der Waals surface area contributed by atoms with Crippen molar-refractivity contribution >= 4 is 27.2 Å². The highest BCUT2D eigenvalue weighted by Gasteiger charge is 2.30. The monoisotopic (exact) mass is 373 g/mol. The molecule has 26 heavy (non-hydrogen) atoms. The summed E-state index contributed by atoms with van der Waals surface area (Å²) in [5.41, 5.74) is 0.893. The summed E-state index contributed by atoms with van der Waals surface area (Å²) in [6.07, 6.45) is 4.95. The zero-order valence-electron chi connectivity index (χ0n) is 15.0. The van der Waals surface area contributed by atoms with Gasteiger partial charge < -0.3 is 10.2 Å². The van der Waals surface area contributed by atoms with E-state index in [1.165, 1.54) is 6.07 Å². The van der Waals surface area contributed by atoms with Crippen molar-refractivity contribution in [2.75, 3.05) is 24.3 Å². The average Bonchev–Trinajstić information content (AvgIpc) is 3.17. The highest BCUT2D eigenvalue weighted by atomic mass is 32.2. The van der Waals surface area contributed by atoms with Crippen molar-refractivity contribution in [1.29, 1.82) is 0 Å². The molecule has 1 N–H and O–H groups in total. The quantitative estimate of drug-likeness (QED) is 0.871. The molecule has 3 rings (SSSR count). The molecule has 0 spiro atoms. The molecule has 138 valence electrons. The van der Waals surface area contributed by atoms with E-state index in [9.17, 15) is 13.2 Å². The number of carbonyl (C=O) groups is 1. The summed E-state index contributed by atoms with van der Waals surface area (Å²) >= 11 is 0. The van der Waals surface area contributed by atoms with Crippen molar-refractivity contribution < 1.29 is 13.2 Å². The molecule has 1 aromatic carbocycles. The van der Waals surface area contributed by atoms with E-state index in [1.807, 2.05) is 14.1 Å². The molecular weight excluding hydrogens is 350 g/mol. The van der Waals surface area contributed by atoms with Crippen LogP contribution in [0.15, 0.2) is 47.5 Å². The van der Waals surface area contributed by atoms with E-state index >= 15 is 0 Å². The number of hydrogen-bond acceptors (Lipinski definition) is 5. The maximum absolute atomic E-state index is 12.8. The molecule has 1 aliphatic rings. The van der Waals surface area contributed by atoms with Crippen molar-refractivity contribution in [2.24, 2.45) is 0 Å². The molecule has 1 amide bonds. The molecule has 1 aromatic heterocycles. The van der Waals surface area contributed by atoms with Gasteiger partial charge in [-0.3, -0.25) is 4.79 Å². The summed E-state index contributed by atoms with van der Waals surface area (Å²) < 4.78 is 25.5. The minimum atomic E-state index is -3.36. The second-order valence-corrected chi connectivity index (χ2v) is 8.93. The Bertz CT molecular complexity index is 904. The molecule has 0 radical (unpaired) electrons. The minimum absolute atomic E-state index is 0.265. The van der Waals surface area contributed by atoms with E-state index in [-0.39, 0.29) is 16.1 Å². The molecule has 7 heteroatoms. The van der Waals surface area contributed by atoms with Gasteiger partial charge in [0, 0.05) is 26.0 Å². The predicted molar refractivity (Wildman–Crippen MR) is 102 cm³/mol. The van der Waals surface area contributed by atoms with Crippen molar-refractivity contribution in [1.82, 2.24) is 4.98 Å². The molecule has 0 saturated heterocycles. The molecule has 1 heterocycles. The number of nitrogens with one attached hydrogen (secondary N) is 1. The maximum Gasteiger partial charge on any atom is 0.259 e. The summed E-state index contributed by atoms with van der Waals surface area (Å²) in [6, 6.07) is 9.88. The molecule has 0 atom stereocenters. The fraction of sp³-hybridized carbons (Fsp3) is 0.368. The fourth-order valence-corrected chi connectivity index (χ4v) is 5.17. The lowest BCUT2D eigenvalue weighted by Crippen LogP contribution is -2.20. The first kappa shape index (κ1) is 18.4. The Balaban J connectivity index is 1.84. The third-order valence-corrected chi connectivity index (χ3v) is 6.88. The van der Waals surface area contributed by atoms with Gasteiger partial charge >= 0.3 is 0 Å². The number of benzene rings is 1. The summed E-state index contributed by atoms with van der Waals surface area (Å²) in [5.74, 6) is 0.233. The minimum Gasteiger partial charge on any atom is -0.362 e. The Morgan fingerprint density at radius 1 is 1.15 bits per heavy atom. The number of pyridine rings is 1. The van der Waals surface area contributed by atoms with E-state index in [0.717, 1.165) is 12.8 Å². The predicted octanol–water partition coefficient (Wildman–Crippen LogP) is 3.12. The fourth-order valence-electron chi connectivity index (χ4n) is 3.27. The Kier molecular flexibility index (Phi) is 5.27. The largest absolute Gasteiger partial charge is 0.362 e. The number of sulfone groups is 1. The van der Waals surface area contributed by atoms with Crippen molar-refractivity contribution in [3.05, 3.63) is 48.2 Å². The molecule has 1 fully saturated rings. The number of nitrogens with zero attached hydrogens (tertiary/aromatic N) is 2. The summed E-state index contributed by atoms with van der Waals surface area (Å²) in [7, 11) is 0.272. The van der Waals surface area contributed by atoms with Gasteiger partial charge in [0.15, 0.2) is 9.84 Å². The summed E-state index contributed by atoms with van der Waals surface area (Å²) in [4.78, 5) is 18.9. The van der Waals surface area contributed by atoms with E-state index in [4.69, 9.17) is 0 Å². The van der Waals surface area contributed by atoms with Gasteiger partial charge in [-0.15, -0.1) is 0 Å². The topological polar surface area (TPSA) is 79.4 Å². The van der Waals surface area contributed by atoms with Gasteiger partial charge in [0.25, 0.3) is 5.91 Å². The molecule has 0 bridgehead atoms. The van der Waals surface area contributed by atoms with Gasteiger partial charge in [0.2, 0.25) is 0 Å². The number of anilines is 2. The van der Waals surface area contributed by atoms with Gasteiger partial charge in [-0.1, -0.05) is 18.9 Å². The van der Waals surface area contributed by atoms with Crippen LogP contribution in [0.4, 0.5) is 11.5 Å². The number of carbonyl (C=O) groups excluding carboxylic acids is 1. The van der Waals surface area contributed by atoms with Crippen molar-refractivity contribution in [2.45, 2.75) is 35.8 Å². The first-order valence-corrected chi connectivity index (χ1v) is 10.2. The van der Waals surface area contributed by atoms with Gasteiger partial charge in [0.1, 0.15) is 5.82 Å². The van der Waals surface area contributed by atoms with E-state index in [0.29, 0.717) is 29.9 Å². The molecule has 2 aromatic rings. The van der Waals surface area contributed by atoms with E-state index in [1.54, 1.807) is 41.4 Å². The summed E-state index contributed by atoms with van der Waals surface area (Å²) in [6.45, 7) is 0. The number of hydrogen-bond donors (Lipinski definition) is 1. The van der Waals surface area contributed by atoms with Crippen LogP contribution in [0.3, 0.4) is 0 Å². The van der Waals surface area contributed by atoms with Crippen molar-refractivity contribution in [3.8, 4) is 0 Å². The van der Waals surface area contributed by atoms with Crippen LogP contribution in [0.5, 0.6) is 0 Å². The average molecular weight is 373 g/mol. The lowest BCUT2D eigenvalue weighted by atomic mass is 10.2. The zero-order valence-corrected chi connectivity index (χ0v) is 15.8. The Hall–Kier alpha value is -2.41. The SMILES string of the molecule is CN(C)c1ncccc1C(=O)Nc1cccc(S(=O)(=O)C2CCCC2)c1. The maximum atomic E-state index is 12.8. The van der Waals surface area contributed by atoms with Crippen LogP contribution in [0, 0.1) is 0 Å². The van der Waals surface area contributed by atoms with Gasteiger partial charge in [-0.2, -0.15) is 0 Å². The van der Waals surface area contributed by atoms with Gasteiger partial charge in [-0.05, 0) is 43.2 Å². The molecule has 1 saturated carbocycles. The van der Waals surface area contributed by atoms with Crippen LogP contribution >= 0.6 is 0 Å². The third-order valence-electron chi connectivity index (χ3n) is 4.62. The second kappa shape index (κ2) is 7.45. The number of amides is 1. The Labute approximate surface area is 154 Å². The molecule has 1 aliphatic carbocycles. The van der Waals surface area contributed by atoms with Crippen LogP contribution < -0.4 is 10.2 Å². The highest BCUT2D eigenvalue weighted by molar-refractivity contribution is 7.92. The normalized spacial score (nSPS) is 15.0. The zero-order chi connectivity index (χ0) is 18.7. The van der Waals surface area contributed by atoms with Crippen LogP contribution in [0.1, 0.15) is 36.0 Å². The standard InChI is InChI=1S/C19H23N3O3S/c1-22(2)18-17(11-6-12-20-18)19(23)21-14-7-5-10-16(13-14)26(24,25)15-8-3-4-9-15/h5-7,10-13,15H,3-4,8-9H2,1-2H3,(H,21,23). The third kappa shape index (κ3) is 3.72. The first-order valence-electron chi connectivity index (χ1n) is 8.67. The lowest BCUT2D eigenvalue weighted by molar-refractivity contribution is 0.102. The number of rotatable bonds is 5. The van der Waals surface area contributed by atoms with Gasteiger partial charge in [-0.25, -0.2) is 13.4 Å². The van der Waals surface area contributed by atoms with Crippen LogP contribution in [-0.4, -0.2) is 38.7 Å². The smallest absolute Gasteiger partial charge is 0.259 e. The van der Waals surface area contributed by atoms with Crippen LogP contribution in [0.2, 0.25) is 0 Å². The molecule has 6 nitrogen and oxygen atoms in total.